The Morgan fingerprint density at radius 3 is 2.71 bits per heavy atom. The molecule has 1 aliphatic rings. The highest BCUT2D eigenvalue weighted by Crippen LogP contribution is 2.28. The zero-order valence-electron chi connectivity index (χ0n) is 9.72. The van der Waals surface area contributed by atoms with Gasteiger partial charge in [0.1, 0.15) is 0 Å². The summed E-state index contributed by atoms with van der Waals surface area (Å²) in [7, 11) is 0. The molecule has 0 unspecified atom stereocenters. The van der Waals surface area contributed by atoms with Gasteiger partial charge in [0.15, 0.2) is 0 Å². The minimum absolute atomic E-state index is 0.109. The molecule has 0 amide bonds. The van der Waals surface area contributed by atoms with Gasteiger partial charge in [0.25, 0.3) is 0 Å². The predicted octanol–water partition coefficient (Wildman–Crippen LogP) is 3.89. The molecule has 1 fully saturated rings. The van der Waals surface area contributed by atoms with Crippen LogP contribution in [0.5, 0.6) is 0 Å². The van der Waals surface area contributed by atoms with Crippen LogP contribution in [0.4, 0.5) is 0 Å². The minimum Gasteiger partial charge on any atom is -0.375 e. The van der Waals surface area contributed by atoms with E-state index in [1.807, 2.05) is 18.2 Å². The Hall–Kier alpha value is -0.0900. The molecule has 0 aliphatic heterocycles. The number of hydrogen-bond donors (Lipinski definition) is 1. The van der Waals surface area contributed by atoms with Crippen LogP contribution in [0, 0.1) is 0 Å². The number of hydrogen-bond acceptors (Lipinski definition) is 2. The van der Waals surface area contributed by atoms with Gasteiger partial charge in [-0.25, -0.2) is 0 Å². The molecule has 1 aromatic carbocycles. The van der Waals surface area contributed by atoms with Gasteiger partial charge in [0.2, 0.25) is 0 Å². The average molecular weight is 319 g/mol. The third-order valence-corrected chi connectivity index (χ3v) is 4.11. The Bertz CT molecular complexity index is 391. The maximum Gasteiger partial charge on any atom is 0.0732 e. The molecule has 1 saturated carbocycles. The molecule has 0 saturated heterocycles. The van der Waals surface area contributed by atoms with Crippen molar-refractivity contribution in [2.45, 2.75) is 37.8 Å². The SMILES string of the molecule is NC1(COCc2ccc(Br)cc2Cl)CCCC1. The Labute approximate surface area is 116 Å². The van der Waals surface area contributed by atoms with E-state index in [1.165, 1.54) is 12.8 Å². The first-order chi connectivity index (χ1) is 8.09. The fourth-order valence-corrected chi connectivity index (χ4v) is 2.95. The Kier molecular flexibility index (Phi) is 4.47. The molecular formula is C13H17BrClNO. The van der Waals surface area contributed by atoms with E-state index in [-0.39, 0.29) is 5.54 Å². The minimum atomic E-state index is -0.109. The van der Waals surface area contributed by atoms with Gasteiger partial charge in [0, 0.05) is 15.0 Å². The van der Waals surface area contributed by atoms with Gasteiger partial charge in [-0.15, -0.1) is 0 Å². The normalized spacial score (nSPS) is 18.5. The fraction of sp³-hybridized carbons (Fsp3) is 0.538. The molecule has 0 aromatic heterocycles. The first-order valence-electron chi connectivity index (χ1n) is 5.90. The molecule has 0 atom stereocenters. The van der Waals surface area contributed by atoms with E-state index in [1.54, 1.807) is 0 Å². The van der Waals surface area contributed by atoms with Gasteiger partial charge in [-0.05, 0) is 30.5 Å². The number of halogens is 2. The van der Waals surface area contributed by atoms with E-state index < -0.39 is 0 Å². The van der Waals surface area contributed by atoms with Gasteiger partial charge in [-0.1, -0.05) is 46.4 Å². The highest BCUT2D eigenvalue weighted by molar-refractivity contribution is 9.10. The Morgan fingerprint density at radius 1 is 1.35 bits per heavy atom. The lowest BCUT2D eigenvalue weighted by atomic mass is 10.0. The van der Waals surface area contributed by atoms with E-state index in [2.05, 4.69) is 15.9 Å². The molecule has 0 bridgehead atoms. The fourth-order valence-electron chi connectivity index (χ4n) is 2.23. The molecule has 0 spiro atoms. The third-order valence-electron chi connectivity index (χ3n) is 3.26. The number of ether oxygens (including phenoxy) is 1. The van der Waals surface area contributed by atoms with Crippen molar-refractivity contribution in [3.8, 4) is 0 Å². The number of benzene rings is 1. The summed E-state index contributed by atoms with van der Waals surface area (Å²) in [5.41, 5.74) is 7.12. The maximum atomic E-state index is 6.22. The molecule has 4 heteroatoms. The standard InChI is InChI=1S/C13H17BrClNO/c14-11-4-3-10(12(15)7-11)8-17-9-13(16)5-1-2-6-13/h3-4,7H,1-2,5-6,8-9,16H2. The predicted molar refractivity (Wildman–Crippen MR) is 74.2 cm³/mol. The van der Waals surface area contributed by atoms with E-state index in [9.17, 15) is 0 Å². The van der Waals surface area contributed by atoms with E-state index in [0.29, 0.717) is 13.2 Å². The molecule has 2 rings (SSSR count). The van der Waals surface area contributed by atoms with E-state index in [0.717, 1.165) is 27.9 Å². The monoisotopic (exact) mass is 317 g/mol. The second-order valence-electron chi connectivity index (χ2n) is 4.80. The highest BCUT2D eigenvalue weighted by Gasteiger charge is 2.29. The molecular weight excluding hydrogens is 302 g/mol. The first-order valence-corrected chi connectivity index (χ1v) is 7.07. The van der Waals surface area contributed by atoms with Crippen molar-refractivity contribution >= 4 is 27.5 Å². The van der Waals surface area contributed by atoms with Crippen LogP contribution in [0.25, 0.3) is 0 Å². The molecule has 2 N–H and O–H groups in total. The zero-order valence-corrected chi connectivity index (χ0v) is 12.1. The smallest absolute Gasteiger partial charge is 0.0732 e. The van der Waals surface area contributed by atoms with Crippen LogP contribution < -0.4 is 5.73 Å². The van der Waals surface area contributed by atoms with Gasteiger partial charge in [-0.3, -0.25) is 0 Å². The second-order valence-corrected chi connectivity index (χ2v) is 6.12. The topological polar surface area (TPSA) is 35.2 Å². The molecule has 0 heterocycles. The summed E-state index contributed by atoms with van der Waals surface area (Å²) in [5, 5.41) is 0.733. The molecule has 1 aliphatic carbocycles. The van der Waals surface area contributed by atoms with Crippen LogP contribution in [0.3, 0.4) is 0 Å². The van der Waals surface area contributed by atoms with Crippen molar-refractivity contribution in [1.82, 2.24) is 0 Å². The lowest BCUT2D eigenvalue weighted by molar-refractivity contribution is 0.0751. The van der Waals surface area contributed by atoms with Crippen LogP contribution in [0.1, 0.15) is 31.2 Å². The second kappa shape index (κ2) is 5.70. The average Bonchev–Trinajstić information content (AvgIpc) is 2.69. The summed E-state index contributed by atoms with van der Waals surface area (Å²) in [4.78, 5) is 0. The third kappa shape index (κ3) is 3.68. The molecule has 94 valence electrons. The molecule has 1 aromatic rings. The Morgan fingerprint density at radius 2 is 2.06 bits per heavy atom. The summed E-state index contributed by atoms with van der Waals surface area (Å²) in [6, 6.07) is 5.83. The Balaban J connectivity index is 1.85. The summed E-state index contributed by atoms with van der Waals surface area (Å²) in [5.74, 6) is 0. The summed E-state index contributed by atoms with van der Waals surface area (Å²) < 4.78 is 6.69. The van der Waals surface area contributed by atoms with Crippen molar-refractivity contribution < 1.29 is 4.74 Å². The van der Waals surface area contributed by atoms with Crippen molar-refractivity contribution in [3.63, 3.8) is 0 Å². The quantitative estimate of drug-likeness (QED) is 0.914. The van der Waals surface area contributed by atoms with Crippen LogP contribution in [0.2, 0.25) is 5.02 Å². The van der Waals surface area contributed by atoms with Crippen molar-refractivity contribution in [2.75, 3.05) is 6.61 Å². The van der Waals surface area contributed by atoms with Gasteiger partial charge >= 0.3 is 0 Å². The summed E-state index contributed by atoms with van der Waals surface area (Å²) >= 11 is 9.50. The zero-order chi connectivity index (χ0) is 12.3. The van der Waals surface area contributed by atoms with Crippen LogP contribution >= 0.6 is 27.5 Å². The van der Waals surface area contributed by atoms with Gasteiger partial charge < -0.3 is 10.5 Å². The number of nitrogens with two attached hydrogens (primary N) is 1. The van der Waals surface area contributed by atoms with Crippen LogP contribution in [-0.2, 0) is 11.3 Å². The van der Waals surface area contributed by atoms with Gasteiger partial charge in [0.05, 0.1) is 13.2 Å². The summed E-state index contributed by atoms with van der Waals surface area (Å²) in [6.07, 6.45) is 4.58. The molecule has 17 heavy (non-hydrogen) atoms. The van der Waals surface area contributed by atoms with Gasteiger partial charge in [-0.2, -0.15) is 0 Å². The van der Waals surface area contributed by atoms with Crippen LogP contribution in [-0.4, -0.2) is 12.1 Å². The lowest BCUT2D eigenvalue weighted by Crippen LogP contribution is -2.41. The lowest BCUT2D eigenvalue weighted by Gasteiger charge is -2.23. The molecule has 0 radical (unpaired) electrons. The highest BCUT2D eigenvalue weighted by atomic mass is 79.9. The van der Waals surface area contributed by atoms with Crippen molar-refractivity contribution in [2.24, 2.45) is 5.73 Å². The maximum absolute atomic E-state index is 6.22. The summed E-state index contributed by atoms with van der Waals surface area (Å²) in [6.45, 7) is 1.16. The van der Waals surface area contributed by atoms with E-state index in [4.69, 9.17) is 22.1 Å². The van der Waals surface area contributed by atoms with Crippen molar-refractivity contribution in [3.05, 3.63) is 33.3 Å². The molecule has 2 nitrogen and oxygen atoms in total. The van der Waals surface area contributed by atoms with E-state index >= 15 is 0 Å². The van der Waals surface area contributed by atoms with Crippen LogP contribution in [0.15, 0.2) is 22.7 Å². The first kappa shape index (κ1) is 13.3. The largest absolute Gasteiger partial charge is 0.375 e. The number of rotatable bonds is 4. The van der Waals surface area contributed by atoms with Crippen molar-refractivity contribution in [1.29, 1.82) is 0 Å².